The predicted molar refractivity (Wildman–Crippen MR) is 42.5 cm³/mol. The van der Waals surface area contributed by atoms with Gasteiger partial charge in [0.05, 0.1) is 0 Å². The van der Waals surface area contributed by atoms with E-state index in [1.807, 2.05) is 12.3 Å². The van der Waals surface area contributed by atoms with E-state index in [2.05, 4.69) is 9.83 Å². The Morgan fingerprint density at radius 3 is 2.73 bits per heavy atom. The molecule has 0 unspecified atom stereocenters. The van der Waals surface area contributed by atoms with E-state index in [0.29, 0.717) is 5.82 Å². The van der Waals surface area contributed by atoms with Crippen LogP contribution in [-0.2, 0) is 0 Å². The van der Waals surface area contributed by atoms with Crippen LogP contribution in [0.15, 0.2) is 18.3 Å². The highest BCUT2D eigenvalue weighted by molar-refractivity contribution is 5.37. The Hall–Kier alpha value is -1.36. The number of hydrogen-bond donors (Lipinski definition) is 0. The van der Waals surface area contributed by atoms with Crippen LogP contribution in [0.4, 0.5) is 5.82 Å². The SMILES string of the molecule is [C-]#[N+]c1ccc(C2CC2)cn1. The summed E-state index contributed by atoms with van der Waals surface area (Å²) in [6.07, 6.45) is 4.41. The van der Waals surface area contributed by atoms with Crippen molar-refractivity contribution in [2.24, 2.45) is 0 Å². The Morgan fingerprint density at radius 2 is 2.27 bits per heavy atom. The predicted octanol–water partition coefficient (Wildman–Crippen LogP) is 2.51. The third kappa shape index (κ3) is 1.22. The highest BCUT2D eigenvalue weighted by atomic mass is 14.8. The van der Waals surface area contributed by atoms with Gasteiger partial charge in [0.15, 0.2) is 0 Å². The van der Waals surface area contributed by atoms with E-state index in [-0.39, 0.29) is 0 Å². The average molecular weight is 144 g/mol. The standard InChI is InChI=1S/C9H8N2/c1-10-9-5-4-8(6-11-9)7-2-3-7/h4-7H,2-3H2. The zero-order valence-corrected chi connectivity index (χ0v) is 6.12. The van der Waals surface area contributed by atoms with E-state index in [1.165, 1.54) is 18.4 Å². The van der Waals surface area contributed by atoms with Gasteiger partial charge in [0.25, 0.3) is 5.82 Å². The fourth-order valence-corrected chi connectivity index (χ4v) is 1.12. The molecule has 2 nitrogen and oxygen atoms in total. The van der Waals surface area contributed by atoms with Crippen LogP contribution in [0.1, 0.15) is 24.3 Å². The van der Waals surface area contributed by atoms with E-state index in [1.54, 1.807) is 6.07 Å². The molecule has 0 aliphatic heterocycles. The second-order valence-corrected chi connectivity index (χ2v) is 2.84. The van der Waals surface area contributed by atoms with Crippen molar-refractivity contribution in [3.05, 3.63) is 35.3 Å². The first-order valence-electron chi connectivity index (χ1n) is 3.73. The first-order valence-corrected chi connectivity index (χ1v) is 3.73. The van der Waals surface area contributed by atoms with Crippen molar-refractivity contribution in [2.75, 3.05) is 0 Å². The molecule has 0 aromatic carbocycles. The van der Waals surface area contributed by atoms with Crippen molar-refractivity contribution in [3.63, 3.8) is 0 Å². The van der Waals surface area contributed by atoms with Gasteiger partial charge in [-0.05, 0) is 30.4 Å². The number of pyridine rings is 1. The molecule has 54 valence electrons. The maximum atomic E-state index is 6.70. The fourth-order valence-electron chi connectivity index (χ4n) is 1.12. The summed E-state index contributed by atoms with van der Waals surface area (Å²) in [6, 6.07) is 3.80. The van der Waals surface area contributed by atoms with Gasteiger partial charge >= 0.3 is 0 Å². The quantitative estimate of drug-likeness (QED) is 0.553. The molecule has 0 N–H and O–H groups in total. The summed E-state index contributed by atoms with van der Waals surface area (Å²) >= 11 is 0. The lowest BCUT2D eigenvalue weighted by Crippen LogP contribution is -1.79. The molecule has 1 aliphatic carbocycles. The van der Waals surface area contributed by atoms with Crippen LogP contribution in [0.2, 0.25) is 0 Å². The molecule has 0 bridgehead atoms. The van der Waals surface area contributed by atoms with Crippen molar-refractivity contribution in [1.82, 2.24) is 4.98 Å². The van der Waals surface area contributed by atoms with E-state index >= 15 is 0 Å². The molecule has 0 atom stereocenters. The molecule has 2 rings (SSSR count). The molecular formula is C9H8N2. The van der Waals surface area contributed by atoms with Gasteiger partial charge in [-0.15, -0.1) is 4.98 Å². The van der Waals surface area contributed by atoms with Crippen LogP contribution in [0.25, 0.3) is 4.85 Å². The second-order valence-electron chi connectivity index (χ2n) is 2.84. The van der Waals surface area contributed by atoms with Gasteiger partial charge in [-0.25, -0.2) is 0 Å². The van der Waals surface area contributed by atoms with Crippen molar-refractivity contribution in [2.45, 2.75) is 18.8 Å². The average Bonchev–Trinajstić information content (AvgIpc) is 2.87. The monoisotopic (exact) mass is 144 g/mol. The number of rotatable bonds is 1. The maximum absolute atomic E-state index is 6.70. The van der Waals surface area contributed by atoms with Gasteiger partial charge in [0.1, 0.15) is 6.20 Å². The van der Waals surface area contributed by atoms with Crippen molar-refractivity contribution < 1.29 is 0 Å². The summed E-state index contributed by atoms with van der Waals surface area (Å²) in [5.74, 6) is 1.23. The zero-order valence-electron chi connectivity index (χ0n) is 6.12. The minimum atomic E-state index is 0.495. The van der Waals surface area contributed by atoms with E-state index in [9.17, 15) is 0 Å². The summed E-state index contributed by atoms with van der Waals surface area (Å²) in [5.41, 5.74) is 1.29. The Morgan fingerprint density at radius 1 is 1.45 bits per heavy atom. The summed E-state index contributed by atoms with van der Waals surface area (Å²) < 4.78 is 0. The van der Waals surface area contributed by atoms with Gasteiger partial charge in [0.2, 0.25) is 0 Å². The largest absolute Gasteiger partial charge is 0.361 e. The summed E-state index contributed by atoms with van der Waals surface area (Å²) in [7, 11) is 0. The lowest BCUT2D eigenvalue weighted by molar-refractivity contribution is 1.10. The van der Waals surface area contributed by atoms with Crippen molar-refractivity contribution >= 4 is 5.82 Å². The van der Waals surface area contributed by atoms with Crippen LogP contribution < -0.4 is 0 Å². The molecule has 1 aromatic heterocycles. The first-order chi connectivity index (χ1) is 5.40. The van der Waals surface area contributed by atoms with Gasteiger partial charge in [-0.3, -0.25) is 0 Å². The normalized spacial score (nSPS) is 15.9. The highest BCUT2D eigenvalue weighted by Crippen LogP contribution is 2.39. The minimum Gasteiger partial charge on any atom is -0.361 e. The van der Waals surface area contributed by atoms with Gasteiger partial charge in [0, 0.05) is 0 Å². The van der Waals surface area contributed by atoms with E-state index in [0.717, 1.165) is 5.92 Å². The molecule has 1 aliphatic rings. The zero-order chi connectivity index (χ0) is 7.68. The third-order valence-corrected chi connectivity index (χ3v) is 1.93. The molecule has 11 heavy (non-hydrogen) atoms. The molecule has 1 saturated carbocycles. The number of nitrogens with zero attached hydrogens (tertiary/aromatic N) is 2. The Balaban J connectivity index is 2.27. The number of hydrogen-bond acceptors (Lipinski definition) is 1. The summed E-state index contributed by atoms with van der Waals surface area (Å²) in [5, 5.41) is 0. The van der Waals surface area contributed by atoms with Crippen LogP contribution in [0.5, 0.6) is 0 Å². The molecule has 0 spiro atoms. The Kier molecular flexibility index (Phi) is 1.36. The molecule has 1 fully saturated rings. The first kappa shape index (κ1) is 6.36. The molecule has 0 saturated heterocycles. The smallest absolute Gasteiger partial charge is 0.269 e. The topological polar surface area (TPSA) is 17.2 Å². The Bertz CT molecular complexity index is 290. The van der Waals surface area contributed by atoms with Crippen molar-refractivity contribution in [3.8, 4) is 0 Å². The van der Waals surface area contributed by atoms with Gasteiger partial charge in [-0.1, -0.05) is 12.6 Å². The van der Waals surface area contributed by atoms with E-state index in [4.69, 9.17) is 6.57 Å². The maximum Gasteiger partial charge on any atom is 0.269 e. The van der Waals surface area contributed by atoms with Gasteiger partial charge < -0.3 is 4.85 Å². The Labute approximate surface area is 65.7 Å². The molecule has 1 heterocycles. The van der Waals surface area contributed by atoms with Crippen LogP contribution >= 0.6 is 0 Å². The molecule has 1 aromatic rings. The third-order valence-electron chi connectivity index (χ3n) is 1.93. The lowest BCUT2D eigenvalue weighted by atomic mass is 10.2. The molecule has 0 amide bonds. The lowest BCUT2D eigenvalue weighted by Gasteiger charge is -1.92. The molecule has 2 heteroatoms. The van der Waals surface area contributed by atoms with Crippen LogP contribution in [0.3, 0.4) is 0 Å². The van der Waals surface area contributed by atoms with Crippen molar-refractivity contribution in [1.29, 1.82) is 0 Å². The summed E-state index contributed by atoms with van der Waals surface area (Å²) in [4.78, 5) is 7.23. The minimum absolute atomic E-state index is 0.495. The van der Waals surface area contributed by atoms with Gasteiger partial charge in [-0.2, -0.15) is 0 Å². The highest BCUT2D eigenvalue weighted by Gasteiger charge is 2.24. The number of aromatic nitrogens is 1. The fraction of sp³-hybridized carbons (Fsp3) is 0.333. The van der Waals surface area contributed by atoms with E-state index < -0.39 is 0 Å². The molecular weight excluding hydrogens is 136 g/mol. The summed E-state index contributed by atoms with van der Waals surface area (Å²) in [6.45, 7) is 6.70. The van der Waals surface area contributed by atoms with Crippen LogP contribution in [-0.4, -0.2) is 4.98 Å². The second kappa shape index (κ2) is 2.35. The van der Waals surface area contributed by atoms with Crippen LogP contribution in [0, 0.1) is 6.57 Å². The molecule has 0 radical (unpaired) electrons.